The molecule has 0 aliphatic carbocycles. The first-order valence-electron chi connectivity index (χ1n) is 11.2. The van der Waals surface area contributed by atoms with Gasteiger partial charge in [-0.2, -0.15) is 0 Å². The first kappa shape index (κ1) is 23.0. The third kappa shape index (κ3) is 5.34. The Balaban J connectivity index is 1.34. The fourth-order valence-corrected chi connectivity index (χ4v) is 4.10. The van der Waals surface area contributed by atoms with E-state index < -0.39 is 10.9 Å². The number of thiol groups is 1. The SMILES string of the molecule is CN(Cc1ncccc1Nc1ccc2cnc(Nc3ccc(N4CCOCC4)cc3)nn12)[SH](=O)=O. The Bertz CT molecular complexity index is 1380. The lowest BCUT2D eigenvalue weighted by molar-refractivity contribution is 0.122. The molecule has 0 radical (unpaired) electrons. The first-order chi connectivity index (χ1) is 17.1. The predicted molar refractivity (Wildman–Crippen MR) is 135 cm³/mol. The molecule has 3 aromatic heterocycles. The topological polar surface area (TPSA) is 117 Å². The predicted octanol–water partition coefficient (Wildman–Crippen LogP) is 2.41. The lowest BCUT2D eigenvalue weighted by atomic mass is 10.2. The molecule has 5 rings (SSSR count). The molecule has 0 unspecified atom stereocenters. The third-order valence-corrected chi connectivity index (χ3v) is 6.41. The fraction of sp³-hybridized carbons (Fsp3) is 0.261. The van der Waals surface area contributed by atoms with Crippen LogP contribution in [-0.2, 0) is 22.2 Å². The average Bonchev–Trinajstić information content (AvgIpc) is 3.28. The highest BCUT2D eigenvalue weighted by Crippen LogP contribution is 2.24. The van der Waals surface area contributed by atoms with Crippen molar-refractivity contribution in [3.8, 4) is 0 Å². The summed E-state index contributed by atoms with van der Waals surface area (Å²) < 4.78 is 30.9. The molecule has 35 heavy (non-hydrogen) atoms. The van der Waals surface area contributed by atoms with Gasteiger partial charge in [0.05, 0.1) is 42.9 Å². The fourth-order valence-electron chi connectivity index (χ4n) is 3.85. The molecule has 1 aromatic carbocycles. The number of benzene rings is 1. The summed E-state index contributed by atoms with van der Waals surface area (Å²) >= 11 is 0. The van der Waals surface area contributed by atoms with Crippen LogP contribution >= 0.6 is 0 Å². The Labute approximate surface area is 204 Å². The molecule has 1 aliphatic heterocycles. The van der Waals surface area contributed by atoms with E-state index in [4.69, 9.17) is 4.74 Å². The van der Waals surface area contributed by atoms with Crippen molar-refractivity contribution in [3.63, 3.8) is 0 Å². The Morgan fingerprint density at radius 1 is 1.03 bits per heavy atom. The van der Waals surface area contributed by atoms with E-state index in [1.807, 2.05) is 30.3 Å². The van der Waals surface area contributed by atoms with Gasteiger partial charge in [0.2, 0.25) is 16.8 Å². The minimum absolute atomic E-state index is 0.160. The number of pyridine rings is 1. The van der Waals surface area contributed by atoms with E-state index in [2.05, 4.69) is 42.7 Å². The maximum Gasteiger partial charge on any atom is 0.245 e. The molecule has 4 heterocycles. The molecule has 0 bridgehead atoms. The van der Waals surface area contributed by atoms with Gasteiger partial charge in [0, 0.05) is 37.7 Å². The van der Waals surface area contributed by atoms with Crippen LogP contribution in [0.4, 0.5) is 28.8 Å². The van der Waals surface area contributed by atoms with Gasteiger partial charge in [-0.15, -0.1) is 5.10 Å². The van der Waals surface area contributed by atoms with E-state index >= 15 is 0 Å². The van der Waals surface area contributed by atoms with Crippen LogP contribution in [0.3, 0.4) is 0 Å². The number of hydrogen-bond donors (Lipinski definition) is 3. The van der Waals surface area contributed by atoms with Crippen molar-refractivity contribution in [1.82, 2.24) is 23.9 Å². The molecule has 0 saturated carbocycles. The summed E-state index contributed by atoms with van der Waals surface area (Å²) in [6, 6.07) is 15.6. The molecule has 1 saturated heterocycles. The molecule has 4 aromatic rings. The minimum Gasteiger partial charge on any atom is -0.378 e. The second-order valence-corrected chi connectivity index (χ2v) is 9.24. The van der Waals surface area contributed by atoms with Gasteiger partial charge in [0.15, 0.2) is 0 Å². The van der Waals surface area contributed by atoms with E-state index in [9.17, 15) is 8.42 Å². The van der Waals surface area contributed by atoms with Crippen molar-refractivity contribution >= 4 is 45.2 Å². The molecular formula is C23H26N8O3S. The molecule has 1 fully saturated rings. The van der Waals surface area contributed by atoms with Crippen molar-refractivity contribution < 1.29 is 13.2 Å². The van der Waals surface area contributed by atoms with E-state index in [1.165, 1.54) is 11.4 Å². The van der Waals surface area contributed by atoms with Gasteiger partial charge in [-0.3, -0.25) is 4.98 Å². The number of ether oxygens (including phenoxy) is 1. The van der Waals surface area contributed by atoms with Crippen LogP contribution in [0.15, 0.2) is 60.9 Å². The van der Waals surface area contributed by atoms with Gasteiger partial charge in [-0.1, -0.05) is 0 Å². The summed E-state index contributed by atoms with van der Waals surface area (Å²) in [7, 11) is -1.18. The van der Waals surface area contributed by atoms with Gasteiger partial charge in [-0.25, -0.2) is 22.2 Å². The first-order valence-corrected chi connectivity index (χ1v) is 12.3. The minimum atomic E-state index is -2.69. The molecule has 1 aliphatic rings. The standard InChI is InChI=1S/C23H26N8O3S/c1-29(35(32)33)16-21-20(3-2-10-24-21)27-22-9-8-19-15-25-23(28-31(19)22)26-17-4-6-18(7-5-17)30-11-13-34-14-12-30/h2-10,15,27,35H,11-14,16H2,1H3,(H,26,28). The summed E-state index contributed by atoms with van der Waals surface area (Å²) in [5, 5.41) is 11.2. The van der Waals surface area contributed by atoms with Crippen molar-refractivity contribution in [2.45, 2.75) is 6.54 Å². The zero-order valence-corrected chi connectivity index (χ0v) is 20.1. The number of nitrogens with one attached hydrogen (secondary N) is 2. The van der Waals surface area contributed by atoms with Gasteiger partial charge < -0.3 is 20.3 Å². The molecule has 11 nitrogen and oxygen atoms in total. The Hall–Kier alpha value is -3.74. The molecule has 0 atom stereocenters. The maximum absolute atomic E-state index is 11.3. The van der Waals surface area contributed by atoms with E-state index in [0.29, 0.717) is 23.1 Å². The van der Waals surface area contributed by atoms with E-state index in [-0.39, 0.29) is 6.54 Å². The van der Waals surface area contributed by atoms with Crippen molar-refractivity contribution in [3.05, 3.63) is 66.6 Å². The Morgan fingerprint density at radius 3 is 2.60 bits per heavy atom. The summed E-state index contributed by atoms with van der Waals surface area (Å²) in [4.78, 5) is 11.1. The number of aromatic nitrogens is 4. The lowest BCUT2D eigenvalue weighted by Crippen LogP contribution is -2.36. The molecule has 0 amide bonds. The van der Waals surface area contributed by atoms with Crippen LogP contribution in [0, 0.1) is 0 Å². The van der Waals surface area contributed by atoms with Crippen LogP contribution in [0.25, 0.3) is 5.52 Å². The van der Waals surface area contributed by atoms with Crippen LogP contribution in [0.1, 0.15) is 5.69 Å². The van der Waals surface area contributed by atoms with Crippen LogP contribution in [0.5, 0.6) is 0 Å². The molecule has 182 valence electrons. The highest BCUT2D eigenvalue weighted by Gasteiger charge is 2.13. The molecule has 0 spiro atoms. The second-order valence-electron chi connectivity index (χ2n) is 8.08. The highest BCUT2D eigenvalue weighted by atomic mass is 32.2. The van der Waals surface area contributed by atoms with Gasteiger partial charge in [0.1, 0.15) is 5.82 Å². The Kier molecular flexibility index (Phi) is 6.75. The third-order valence-electron chi connectivity index (χ3n) is 5.71. The van der Waals surface area contributed by atoms with Crippen LogP contribution in [0.2, 0.25) is 0 Å². The lowest BCUT2D eigenvalue weighted by Gasteiger charge is -2.28. The number of hydrogen-bond acceptors (Lipinski definition) is 9. The second kappa shape index (κ2) is 10.3. The summed E-state index contributed by atoms with van der Waals surface area (Å²) in [6.45, 7) is 3.43. The summed E-state index contributed by atoms with van der Waals surface area (Å²) in [5.41, 5.74) is 4.16. The maximum atomic E-state index is 11.3. The normalized spacial score (nSPS) is 14.1. The number of nitrogens with zero attached hydrogens (tertiary/aromatic N) is 6. The van der Waals surface area contributed by atoms with E-state index in [1.54, 1.807) is 23.0 Å². The summed E-state index contributed by atoms with van der Waals surface area (Å²) in [5.74, 6) is 1.15. The van der Waals surface area contributed by atoms with Gasteiger partial charge in [-0.05, 0) is 48.5 Å². The highest BCUT2D eigenvalue weighted by molar-refractivity contribution is 7.69. The van der Waals surface area contributed by atoms with Crippen LogP contribution in [-0.4, -0.2) is 65.7 Å². The van der Waals surface area contributed by atoms with Crippen molar-refractivity contribution in [1.29, 1.82) is 0 Å². The Morgan fingerprint density at radius 2 is 1.83 bits per heavy atom. The smallest absolute Gasteiger partial charge is 0.245 e. The van der Waals surface area contributed by atoms with E-state index in [0.717, 1.165) is 43.2 Å². The number of rotatable bonds is 8. The van der Waals surface area contributed by atoms with Gasteiger partial charge >= 0.3 is 0 Å². The zero-order chi connectivity index (χ0) is 24.2. The monoisotopic (exact) mass is 494 g/mol. The molecule has 12 heteroatoms. The van der Waals surface area contributed by atoms with Gasteiger partial charge in [0.25, 0.3) is 0 Å². The zero-order valence-electron chi connectivity index (χ0n) is 19.2. The van der Waals surface area contributed by atoms with Crippen LogP contribution < -0.4 is 15.5 Å². The van der Waals surface area contributed by atoms with Crippen molar-refractivity contribution in [2.75, 3.05) is 48.9 Å². The average molecular weight is 495 g/mol. The summed E-state index contributed by atoms with van der Waals surface area (Å²) in [6.07, 6.45) is 3.37. The number of morpholine rings is 1. The molecular weight excluding hydrogens is 468 g/mol. The number of fused-ring (bicyclic) bond motifs is 1. The largest absolute Gasteiger partial charge is 0.378 e. The molecule has 2 N–H and O–H groups in total. The van der Waals surface area contributed by atoms with Crippen molar-refractivity contribution in [2.24, 2.45) is 0 Å². The number of anilines is 5. The quantitative estimate of drug-likeness (QED) is 0.318.